The van der Waals surface area contributed by atoms with Gasteiger partial charge in [-0.3, -0.25) is 28.8 Å². The van der Waals surface area contributed by atoms with E-state index in [1.54, 1.807) is 57.2 Å². The van der Waals surface area contributed by atoms with Crippen molar-refractivity contribution in [2.75, 3.05) is 0 Å². The monoisotopic (exact) mass is 621 g/mol. The van der Waals surface area contributed by atoms with Crippen molar-refractivity contribution in [1.82, 2.24) is 20.7 Å². The maximum Gasteiger partial charge on any atom is 0.272 e. The van der Waals surface area contributed by atoms with Crippen LogP contribution in [0, 0.1) is 0 Å². The number of fused-ring (bicyclic) bond motifs is 5. The molecule has 3 N–H and O–H groups in total. The van der Waals surface area contributed by atoms with E-state index in [1.165, 1.54) is 24.3 Å². The highest BCUT2D eigenvalue weighted by Crippen LogP contribution is 2.31. The van der Waals surface area contributed by atoms with Crippen molar-refractivity contribution in [2.45, 2.75) is 32.7 Å². The molecule has 2 aliphatic carbocycles. The average Bonchev–Trinajstić information content (AvgIpc) is 3.02. The molecule has 6 rings (SSSR count). The van der Waals surface area contributed by atoms with E-state index in [4.69, 9.17) is 11.6 Å². The van der Waals surface area contributed by atoms with Crippen LogP contribution < -0.4 is 16.3 Å². The Balaban J connectivity index is 1.40. The fourth-order valence-electron chi connectivity index (χ4n) is 5.09. The molecular weight excluding hydrogens is 598 g/mol. The lowest BCUT2D eigenvalue weighted by Gasteiger charge is -2.21. The smallest absolute Gasteiger partial charge is 0.272 e. The number of carbonyl (C=O) groups excluding carboxylic acids is 5. The molecule has 0 fully saturated rings. The molecule has 1 heterocycles. The van der Waals surface area contributed by atoms with E-state index in [0.29, 0.717) is 0 Å². The standard InChI is InChI=1S/C33H24ClN5O6/c1-33(2,3)39-38-22(32(45)37-26-24(34)29(42)17-10-6-7-11-18(17)30(26)43)14-21-31(44)36-20-13-12-19-23(25(20)35-21)28(41)16-9-5-4-8-15(16)27(19)40/h4-13,39H,14H2,1-3H3,(H,36,44)(H,37,45)/b38-22-. The zero-order chi connectivity index (χ0) is 32.2. The first-order valence-corrected chi connectivity index (χ1v) is 14.2. The third-order valence-electron chi connectivity index (χ3n) is 7.25. The van der Waals surface area contributed by atoms with Gasteiger partial charge in [-0.15, -0.1) is 0 Å². The number of H-pyrrole nitrogens is 1. The van der Waals surface area contributed by atoms with Crippen LogP contribution in [-0.4, -0.2) is 50.3 Å². The Kier molecular flexibility index (Phi) is 7.13. The highest BCUT2D eigenvalue weighted by molar-refractivity contribution is 6.51. The van der Waals surface area contributed by atoms with Gasteiger partial charge in [-0.2, -0.15) is 5.10 Å². The summed E-state index contributed by atoms with van der Waals surface area (Å²) in [4.78, 5) is 86.7. The van der Waals surface area contributed by atoms with Gasteiger partial charge in [0.05, 0.1) is 16.6 Å². The van der Waals surface area contributed by atoms with Crippen molar-refractivity contribution in [3.05, 3.63) is 121 Å². The van der Waals surface area contributed by atoms with Gasteiger partial charge in [-0.05, 0) is 32.9 Å². The zero-order valence-corrected chi connectivity index (χ0v) is 25.0. The molecule has 1 aromatic heterocycles. The molecule has 0 radical (unpaired) electrons. The quantitative estimate of drug-likeness (QED) is 0.197. The summed E-state index contributed by atoms with van der Waals surface area (Å²) in [6.45, 7) is 5.37. The average molecular weight is 622 g/mol. The van der Waals surface area contributed by atoms with Crippen molar-refractivity contribution < 1.29 is 24.0 Å². The first-order valence-electron chi connectivity index (χ1n) is 13.8. The molecule has 0 unspecified atom stereocenters. The maximum atomic E-state index is 13.6. The van der Waals surface area contributed by atoms with Gasteiger partial charge in [-0.25, -0.2) is 4.98 Å². The van der Waals surface area contributed by atoms with Gasteiger partial charge >= 0.3 is 0 Å². The summed E-state index contributed by atoms with van der Waals surface area (Å²) in [5.41, 5.74) is 1.82. The first-order chi connectivity index (χ1) is 21.4. The summed E-state index contributed by atoms with van der Waals surface area (Å²) in [5, 5.41) is 6.15. The molecule has 0 saturated heterocycles. The minimum Gasteiger partial charge on any atom is -0.319 e. The van der Waals surface area contributed by atoms with Crippen LogP contribution in [0.5, 0.6) is 0 Å². The van der Waals surface area contributed by atoms with Crippen molar-refractivity contribution >= 4 is 57.4 Å². The number of hydrogen-bond donors (Lipinski definition) is 3. The predicted octanol–water partition coefficient (Wildman–Crippen LogP) is 3.63. The Morgan fingerprint density at radius 3 is 2.00 bits per heavy atom. The number of aromatic amines is 1. The number of nitrogens with zero attached hydrogens (tertiary/aromatic N) is 2. The zero-order valence-electron chi connectivity index (χ0n) is 24.2. The minimum absolute atomic E-state index is 0.0337. The summed E-state index contributed by atoms with van der Waals surface area (Å²) in [7, 11) is 0. The summed E-state index contributed by atoms with van der Waals surface area (Å²) in [5.74, 6) is -3.00. The number of halogens is 1. The maximum absolute atomic E-state index is 13.6. The number of hydrazone groups is 1. The van der Waals surface area contributed by atoms with Crippen molar-refractivity contribution in [1.29, 1.82) is 0 Å². The molecule has 45 heavy (non-hydrogen) atoms. The molecule has 1 amide bonds. The van der Waals surface area contributed by atoms with E-state index in [1.807, 2.05) is 0 Å². The van der Waals surface area contributed by atoms with Crippen LogP contribution in [0.4, 0.5) is 0 Å². The molecule has 224 valence electrons. The van der Waals surface area contributed by atoms with Gasteiger partial charge in [0.15, 0.2) is 11.6 Å². The number of hydrogen-bond acceptors (Lipinski definition) is 9. The lowest BCUT2D eigenvalue weighted by Crippen LogP contribution is -2.41. The van der Waals surface area contributed by atoms with E-state index in [0.717, 1.165) is 0 Å². The topological polar surface area (TPSA) is 168 Å². The van der Waals surface area contributed by atoms with E-state index in [2.05, 4.69) is 25.8 Å². The van der Waals surface area contributed by atoms with Gasteiger partial charge in [0.2, 0.25) is 11.6 Å². The Morgan fingerprint density at radius 1 is 0.800 bits per heavy atom. The fraction of sp³-hybridized carbons (Fsp3) is 0.152. The third-order valence-corrected chi connectivity index (χ3v) is 7.61. The molecule has 0 aliphatic heterocycles. The summed E-state index contributed by atoms with van der Waals surface area (Å²) < 4.78 is 0. The van der Waals surface area contributed by atoms with Gasteiger partial charge in [0, 0.05) is 39.8 Å². The Morgan fingerprint density at radius 2 is 1.38 bits per heavy atom. The number of carbonyl (C=O) groups is 5. The number of ketones is 4. The summed E-state index contributed by atoms with van der Waals surface area (Å²) >= 11 is 6.25. The van der Waals surface area contributed by atoms with Gasteiger partial charge in [0.25, 0.3) is 11.5 Å². The van der Waals surface area contributed by atoms with Crippen molar-refractivity contribution in [3.8, 4) is 0 Å². The SMILES string of the molecule is CC(C)(C)N/N=C(/Cc1nc2c3c(ccc2[nH]c1=O)C(=O)c1ccccc1C3=O)C(=O)NC1=C(Cl)C(=O)c2ccccc2C1=O. The second-order valence-corrected chi connectivity index (χ2v) is 11.9. The van der Waals surface area contributed by atoms with Crippen molar-refractivity contribution in [3.63, 3.8) is 0 Å². The second-order valence-electron chi connectivity index (χ2n) is 11.5. The molecule has 0 spiro atoms. The van der Waals surface area contributed by atoms with E-state index in [9.17, 15) is 28.8 Å². The molecule has 0 bridgehead atoms. The lowest BCUT2D eigenvalue weighted by atomic mass is 9.83. The van der Waals surface area contributed by atoms with Crippen LogP contribution in [0.15, 0.2) is 81.3 Å². The van der Waals surface area contributed by atoms with Gasteiger partial charge < -0.3 is 15.7 Å². The van der Waals surface area contributed by atoms with Gasteiger partial charge in [0.1, 0.15) is 22.1 Å². The first kappa shape index (κ1) is 29.5. The Hall–Kier alpha value is -5.55. The number of aromatic nitrogens is 2. The minimum atomic E-state index is -0.919. The molecular formula is C33H24ClN5O6. The van der Waals surface area contributed by atoms with Gasteiger partial charge in [-0.1, -0.05) is 60.1 Å². The van der Waals surface area contributed by atoms with E-state index in [-0.39, 0.29) is 61.6 Å². The van der Waals surface area contributed by atoms with Crippen LogP contribution in [0.25, 0.3) is 11.0 Å². The fourth-order valence-corrected chi connectivity index (χ4v) is 5.33. The molecule has 11 nitrogen and oxygen atoms in total. The summed E-state index contributed by atoms with van der Waals surface area (Å²) in [6, 6.07) is 15.5. The molecule has 12 heteroatoms. The highest BCUT2D eigenvalue weighted by atomic mass is 35.5. The lowest BCUT2D eigenvalue weighted by molar-refractivity contribution is -0.114. The van der Waals surface area contributed by atoms with E-state index >= 15 is 0 Å². The van der Waals surface area contributed by atoms with Crippen LogP contribution in [0.3, 0.4) is 0 Å². The number of amides is 1. The predicted molar refractivity (Wildman–Crippen MR) is 166 cm³/mol. The molecule has 3 aromatic carbocycles. The number of nitrogens with one attached hydrogen (secondary N) is 3. The molecule has 0 atom stereocenters. The van der Waals surface area contributed by atoms with Crippen LogP contribution >= 0.6 is 11.6 Å². The number of allylic oxidation sites excluding steroid dienone is 2. The largest absolute Gasteiger partial charge is 0.319 e. The Labute approximate surface area is 260 Å². The number of Topliss-reactive ketones (excluding diaryl/α,β-unsaturated/α-hetero) is 2. The van der Waals surface area contributed by atoms with Crippen LogP contribution in [0.2, 0.25) is 0 Å². The molecule has 4 aromatic rings. The highest BCUT2D eigenvalue weighted by Gasteiger charge is 2.34. The third kappa shape index (κ3) is 5.17. The normalized spacial score (nSPS) is 14.7. The summed E-state index contributed by atoms with van der Waals surface area (Å²) in [6.07, 6.45) is -0.452. The molecule has 0 saturated carbocycles. The van der Waals surface area contributed by atoms with Crippen molar-refractivity contribution in [2.24, 2.45) is 5.10 Å². The van der Waals surface area contributed by atoms with Crippen LogP contribution in [0.1, 0.15) is 79.0 Å². The molecule has 2 aliphatic rings. The Bertz CT molecular complexity index is 2150. The number of rotatable bonds is 5. The second kappa shape index (κ2) is 10.9. The van der Waals surface area contributed by atoms with E-state index < -0.39 is 51.5 Å². The van der Waals surface area contributed by atoms with Crippen LogP contribution in [-0.2, 0) is 11.2 Å². The number of benzene rings is 3.